The number of hydrogen-bond acceptors (Lipinski definition) is 1. The van der Waals surface area contributed by atoms with Gasteiger partial charge in [0.05, 0.1) is 12.9 Å². The molecule has 18 heavy (non-hydrogen) atoms. The minimum atomic E-state index is 0.919. The van der Waals surface area contributed by atoms with E-state index >= 15 is 0 Å². The van der Waals surface area contributed by atoms with E-state index in [-0.39, 0.29) is 0 Å². The Hall–Kier alpha value is -0.460. The van der Waals surface area contributed by atoms with Gasteiger partial charge in [0.1, 0.15) is 0 Å². The van der Waals surface area contributed by atoms with Crippen LogP contribution in [0, 0.1) is 5.92 Å². The molecule has 1 nitrogen and oxygen atoms in total. The van der Waals surface area contributed by atoms with Crippen LogP contribution in [-0.4, -0.2) is 6.61 Å². The van der Waals surface area contributed by atoms with Gasteiger partial charge in [-0.15, -0.1) is 0 Å². The summed E-state index contributed by atoms with van der Waals surface area (Å²) in [6.45, 7) is 3.17. The molecule has 1 aliphatic carbocycles. The minimum absolute atomic E-state index is 0.919. The second-order valence-electron chi connectivity index (χ2n) is 5.74. The normalized spacial score (nSPS) is 17.4. The third-order valence-electron chi connectivity index (χ3n) is 4.02. The maximum absolute atomic E-state index is 5.55. The van der Waals surface area contributed by atoms with Crippen LogP contribution in [-0.2, 0) is 4.74 Å². The third-order valence-corrected chi connectivity index (χ3v) is 4.02. The van der Waals surface area contributed by atoms with Crippen LogP contribution >= 0.6 is 0 Å². The highest BCUT2D eigenvalue weighted by Gasteiger charge is 2.12. The molecule has 1 rings (SSSR count). The smallest absolute Gasteiger partial charge is 0.0873 e. The molecule has 0 heterocycles. The first-order valence-corrected chi connectivity index (χ1v) is 8.20. The van der Waals surface area contributed by atoms with Gasteiger partial charge in [-0.3, -0.25) is 0 Å². The summed E-state index contributed by atoms with van der Waals surface area (Å²) in [5.74, 6) is 1.00. The summed E-state index contributed by atoms with van der Waals surface area (Å²) in [7, 11) is 0. The van der Waals surface area contributed by atoms with E-state index in [2.05, 4.69) is 13.0 Å². The van der Waals surface area contributed by atoms with Crippen molar-refractivity contribution in [2.45, 2.75) is 84.0 Å². The van der Waals surface area contributed by atoms with Crippen LogP contribution in [0.2, 0.25) is 0 Å². The molecule has 0 aliphatic heterocycles. The lowest BCUT2D eigenvalue weighted by Crippen LogP contribution is -2.06. The van der Waals surface area contributed by atoms with Crippen LogP contribution in [0.4, 0.5) is 0 Å². The van der Waals surface area contributed by atoms with Gasteiger partial charge in [0, 0.05) is 0 Å². The second kappa shape index (κ2) is 11.6. The van der Waals surface area contributed by atoms with Crippen molar-refractivity contribution in [1.82, 2.24) is 0 Å². The lowest BCUT2D eigenvalue weighted by Gasteiger charge is -2.20. The van der Waals surface area contributed by atoms with E-state index in [9.17, 15) is 0 Å². The summed E-state index contributed by atoms with van der Waals surface area (Å²) < 4.78 is 5.55. The van der Waals surface area contributed by atoms with E-state index in [4.69, 9.17) is 4.74 Å². The summed E-state index contributed by atoms with van der Waals surface area (Å²) in [5.41, 5.74) is 0. The molecular formula is C17H32O. The number of allylic oxidation sites excluding steroid dienone is 1. The summed E-state index contributed by atoms with van der Waals surface area (Å²) in [6.07, 6.45) is 20.6. The first-order valence-electron chi connectivity index (χ1n) is 8.20. The highest BCUT2D eigenvalue weighted by Crippen LogP contribution is 2.27. The number of ether oxygens (including phenoxy) is 1. The van der Waals surface area contributed by atoms with Crippen LogP contribution in [0.15, 0.2) is 12.3 Å². The van der Waals surface area contributed by atoms with Crippen LogP contribution in [0.3, 0.4) is 0 Å². The molecule has 0 unspecified atom stereocenters. The number of unbranched alkanes of at least 4 members (excludes halogenated alkanes) is 4. The zero-order valence-electron chi connectivity index (χ0n) is 12.3. The minimum Gasteiger partial charge on any atom is -0.502 e. The largest absolute Gasteiger partial charge is 0.502 e. The molecule has 0 bridgehead atoms. The van der Waals surface area contributed by atoms with Gasteiger partial charge in [-0.05, 0) is 37.7 Å². The van der Waals surface area contributed by atoms with E-state index in [1.165, 1.54) is 77.0 Å². The van der Waals surface area contributed by atoms with Gasteiger partial charge in [0.25, 0.3) is 0 Å². The van der Waals surface area contributed by atoms with Gasteiger partial charge in [-0.25, -0.2) is 0 Å². The fourth-order valence-electron chi connectivity index (χ4n) is 2.82. The van der Waals surface area contributed by atoms with Crippen LogP contribution in [0.25, 0.3) is 0 Å². The van der Waals surface area contributed by atoms with Crippen molar-refractivity contribution in [3.05, 3.63) is 12.3 Å². The van der Waals surface area contributed by atoms with E-state index in [0.29, 0.717) is 0 Å². The summed E-state index contributed by atoms with van der Waals surface area (Å²) >= 11 is 0. The number of hydrogen-bond donors (Lipinski definition) is 0. The molecule has 1 saturated carbocycles. The predicted molar refractivity (Wildman–Crippen MR) is 79.7 cm³/mol. The summed E-state index contributed by atoms with van der Waals surface area (Å²) in [6, 6.07) is 0. The average molecular weight is 252 g/mol. The standard InChI is InChI=1S/C17H32O/c1-2-3-4-5-6-10-15-18-16-11-14-17-12-8-7-9-13-17/h10,15,17H,2-9,11-14,16H2,1H3. The molecule has 0 spiro atoms. The Balaban J connectivity index is 1.81. The molecule has 106 valence electrons. The van der Waals surface area contributed by atoms with Gasteiger partial charge in [-0.2, -0.15) is 0 Å². The van der Waals surface area contributed by atoms with Crippen LogP contribution in [0.5, 0.6) is 0 Å². The molecule has 0 radical (unpaired) electrons. The van der Waals surface area contributed by atoms with Crippen molar-refractivity contribution in [2.24, 2.45) is 5.92 Å². The Morgan fingerprint density at radius 1 is 1.00 bits per heavy atom. The van der Waals surface area contributed by atoms with Crippen molar-refractivity contribution in [2.75, 3.05) is 6.61 Å². The van der Waals surface area contributed by atoms with Gasteiger partial charge < -0.3 is 4.74 Å². The average Bonchev–Trinajstić information content (AvgIpc) is 2.42. The first-order chi connectivity index (χ1) is 8.93. The highest BCUT2D eigenvalue weighted by atomic mass is 16.5. The third kappa shape index (κ3) is 8.60. The zero-order chi connectivity index (χ0) is 12.9. The zero-order valence-corrected chi connectivity index (χ0v) is 12.3. The highest BCUT2D eigenvalue weighted by molar-refractivity contribution is 4.73. The molecule has 0 aromatic rings. The molecule has 0 aromatic carbocycles. The second-order valence-corrected chi connectivity index (χ2v) is 5.74. The fourth-order valence-corrected chi connectivity index (χ4v) is 2.82. The van der Waals surface area contributed by atoms with E-state index in [1.54, 1.807) is 0 Å². The van der Waals surface area contributed by atoms with Crippen LogP contribution < -0.4 is 0 Å². The van der Waals surface area contributed by atoms with E-state index in [0.717, 1.165) is 12.5 Å². The van der Waals surface area contributed by atoms with Gasteiger partial charge >= 0.3 is 0 Å². The lowest BCUT2D eigenvalue weighted by molar-refractivity contribution is 0.222. The molecule has 0 amide bonds. The Morgan fingerprint density at radius 3 is 2.61 bits per heavy atom. The van der Waals surface area contributed by atoms with Gasteiger partial charge in [0.2, 0.25) is 0 Å². The Bertz CT molecular complexity index is 192. The van der Waals surface area contributed by atoms with Gasteiger partial charge in [-0.1, -0.05) is 58.3 Å². The van der Waals surface area contributed by atoms with Gasteiger partial charge in [0.15, 0.2) is 0 Å². The number of rotatable bonds is 10. The maximum atomic E-state index is 5.55. The topological polar surface area (TPSA) is 9.23 Å². The molecule has 0 atom stereocenters. The molecule has 0 saturated heterocycles. The van der Waals surface area contributed by atoms with Crippen molar-refractivity contribution in [3.8, 4) is 0 Å². The van der Waals surface area contributed by atoms with Crippen molar-refractivity contribution in [1.29, 1.82) is 0 Å². The lowest BCUT2D eigenvalue weighted by atomic mass is 9.86. The molecule has 1 aliphatic rings. The molecule has 1 heteroatoms. The Morgan fingerprint density at radius 2 is 1.83 bits per heavy atom. The van der Waals surface area contributed by atoms with E-state index < -0.39 is 0 Å². The summed E-state index contributed by atoms with van der Waals surface area (Å²) in [5, 5.41) is 0. The van der Waals surface area contributed by atoms with Crippen molar-refractivity contribution < 1.29 is 4.74 Å². The molecule has 0 N–H and O–H groups in total. The SMILES string of the molecule is CCCCCCC=COCCCC1CCCCC1. The first kappa shape index (κ1) is 15.6. The van der Waals surface area contributed by atoms with Crippen LogP contribution in [0.1, 0.15) is 84.0 Å². The molecule has 0 aromatic heterocycles. The predicted octanol–water partition coefficient (Wildman–Crippen LogP) is 5.85. The molecule has 1 fully saturated rings. The quantitative estimate of drug-likeness (QED) is 0.350. The monoisotopic (exact) mass is 252 g/mol. The summed E-state index contributed by atoms with van der Waals surface area (Å²) in [4.78, 5) is 0. The van der Waals surface area contributed by atoms with E-state index in [1.807, 2.05) is 6.26 Å². The van der Waals surface area contributed by atoms with Crippen molar-refractivity contribution >= 4 is 0 Å². The van der Waals surface area contributed by atoms with Crippen molar-refractivity contribution in [3.63, 3.8) is 0 Å². The molecular weight excluding hydrogens is 220 g/mol. The Kier molecular flexibility index (Phi) is 10.1. The fraction of sp³-hybridized carbons (Fsp3) is 0.882. The Labute approximate surface area is 114 Å². The maximum Gasteiger partial charge on any atom is 0.0873 e.